The number of hydrogen-bond acceptors (Lipinski definition) is 1. The lowest BCUT2D eigenvalue weighted by Gasteiger charge is -2.35. The van der Waals surface area contributed by atoms with Crippen LogP contribution in [-0.2, 0) is 0 Å². The second-order valence-electron chi connectivity index (χ2n) is 13.6. The maximum Gasteiger partial charge on any atom is 0.181 e. The van der Waals surface area contributed by atoms with Gasteiger partial charge in [0.2, 0.25) is 0 Å². The van der Waals surface area contributed by atoms with Gasteiger partial charge < -0.3 is 9.13 Å². The monoisotopic (exact) mass is 691 g/mol. The fourth-order valence-corrected chi connectivity index (χ4v) is 13.6. The molecule has 10 rings (SSSR count). The Hall–Kier alpha value is -6.93. The Morgan fingerprint density at radius 2 is 0.792 bits per heavy atom. The predicted molar refractivity (Wildman–Crippen MR) is 223 cm³/mol. The van der Waals surface area contributed by atoms with Crippen molar-refractivity contribution in [2.45, 2.75) is 0 Å². The fourth-order valence-electron chi connectivity index (χ4n) is 8.68. The van der Waals surface area contributed by atoms with Gasteiger partial charge in [-0.05, 0) is 75.3 Å². The van der Waals surface area contributed by atoms with Gasteiger partial charge in [-0.1, -0.05) is 146 Å². The molecule has 1 atom stereocenters. The molecule has 0 spiro atoms. The molecule has 2 heterocycles. The van der Waals surface area contributed by atoms with Gasteiger partial charge in [0.05, 0.1) is 33.7 Å². The normalized spacial score (nSPS) is 12.7. The zero-order chi connectivity index (χ0) is 35.4. The summed E-state index contributed by atoms with van der Waals surface area (Å²) in [5, 5.41) is 19.9. The summed E-state index contributed by atoms with van der Waals surface area (Å²) in [5.74, 6) is 0. The summed E-state index contributed by atoms with van der Waals surface area (Å²) in [6.07, 6.45) is 0. The smallest absolute Gasteiger partial charge is 0.181 e. The molecule has 0 aliphatic carbocycles. The van der Waals surface area contributed by atoms with Gasteiger partial charge in [0.15, 0.2) is 8.07 Å². The highest BCUT2D eigenvalue weighted by Crippen LogP contribution is 2.34. The summed E-state index contributed by atoms with van der Waals surface area (Å²) in [7, 11) is -3.08. The van der Waals surface area contributed by atoms with Crippen molar-refractivity contribution in [3.63, 3.8) is 0 Å². The largest absolute Gasteiger partial charge is 0.309 e. The van der Waals surface area contributed by atoms with E-state index in [1.54, 1.807) is 0 Å². The van der Waals surface area contributed by atoms with Crippen molar-refractivity contribution < 1.29 is 0 Å². The van der Waals surface area contributed by atoms with Crippen molar-refractivity contribution in [3.8, 4) is 17.4 Å². The molecule has 0 radical (unpaired) electrons. The maximum absolute atomic E-state index is 9.89. The maximum atomic E-state index is 9.89. The average Bonchev–Trinajstić information content (AvgIpc) is 3.76. The van der Waals surface area contributed by atoms with Crippen molar-refractivity contribution in [1.82, 2.24) is 9.13 Å². The third kappa shape index (κ3) is 4.65. The third-order valence-electron chi connectivity index (χ3n) is 10.9. The van der Waals surface area contributed by atoms with E-state index >= 15 is 0 Å². The molecular weight excluding hydrogens is 659 g/mol. The highest BCUT2D eigenvalue weighted by molar-refractivity contribution is 7.20. The predicted octanol–water partition coefficient (Wildman–Crippen LogP) is 9.13. The molecule has 0 fully saturated rings. The summed E-state index contributed by atoms with van der Waals surface area (Å²) in [6.45, 7) is 0. The topological polar surface area (TPSA) is 33.6 Å². The SMILES string of the molecule is N#Cc1ccc([Si](c2ccccc2)(c2ccc(-n3c4ccccc4c4ccccc43)cc2)c2cccc3c4ccccc4n(-c4ccccc4)c23)cc1. The summed E-state index contributed by atoms with van der Waals surface area (Å²) in [5.41, 5.74) is 7.68. The second-order valence-corrected chi connectivity index (χ2v) is 17.4. The van der Waals surface area contributed by atoms with Crippen LogP contribution in [0.2, 0.25) is 0 Å². The number of nitrogens with zero attached hydrogens (tertiary/aromatic N) is 3. The van der Waals surface area contributed by atoms with E-state index in [4.69, 9.17) is 0 Å². The molecule has 0 N–H and O–H groups in total. The van der Waals surface area contributed by atoms with Crippen LogP contribution >= 0.6 is 0 Å². The first kappa shape index (κ1) is 30.9. The van der Waals surface area contributed by atoms with Crippen LogP contribution in [-0.4, -0.2) is 17.2 Å². The van der Waals surface area contributed by atoms with Crippen molar-refractivity contribution in [2.24, 2.45) is 0 Å². The number of para-hydroxylation sites is 5. The molecule has 3 nitrogen and oxygen atoms in total. The molecule has 248 valence electrons. The fraction of sp³-hybridized carbons (Fsp3) is 0. The van der Waals surface area contributed by atoms with Gasteiger partial charge >= 0.3 is 0 Å². The van der Waals surface area contributed by atoms with Crippen LogP contribution in [0, 0.1) is 11.3 Å². The number of aromatic nitrogens is 2. The van der Waals surface area contributed by atoms with E-state index in [2.05, 4.69) is 203 Å². The van der Waals surface area contributed by atoms with Crippen molar-refractivity contribution in [2.75, 3.05) is 0 Å². The Morgan fingerprint density at radius 3 is 1.38 bits per heavy atom. The van der Waals surface area contributed by atoms with Crippen LogP contribution in [0.25, 0.3) is 55.0 Å². The molecule has 0 aliphatic heterocycles. The Kier molecular flexibility index (Phi) is 7.21. The first-order chi connectivity index (χ1) is 26.3. The molecule has 53 heavy (non-hydrogen) atoms. The van der Waals surface area contributed by atoms with Crippen molar-refractivity contribution in [1.29, 1.82) is 5.26 Å². The van der Waals surface area contributed by atoms with Gasteiger partial charge in [-0.25, -0.2) is 0 Å². The van der Waals surface area contributed by atoms with Gasteiger partial charge in [-0.3, -0.25) is 0 Å². The van der Waals surface area contributed by atoms with Crippen LogP contribution < -0.4 is 20.7 Å². The Bertz CT molecular complexity index is 2940. The molecule has 2 aromatic heterocycles. The summed E-state index contributed by atoms with van der Waals surface area (Å²) in [6, 6.07) is 74.8. The lowest BCUT2D eigenvalue weighted by atomic mass is 10.1. The second kappa shape index (κ2) is 12.4. The highest BCUT2D eigenvalue weighted by atomic mass is 28.3. The number of fused-ring (bicyclic) bond motifs is 6. The molecule has 1 unspecified atom stereocenters. The molecule has 0 bridgehead atoms. The molecule has 0 aliphatic rings. The highest BCUT2D eigenvalue weighted by Gasteiger charge is 2.43. The van der Waals surface area contributed by atoms with E-state index in [1.807, 2.05) is 12.1 Å². The molecule has 4 heteroatoms. The molecule has 0 amide bonds. The van der Waals surface area contributed by atoms with Gasteiger partial charge in [-0.15, -0.1) is 0 Å². The minimum atomic E-state index is -3.08. The van der Waals surface area contributed by atoms with E-state index in [9.17, 15) is 5.26 Å². The zero-order valence-electron chi connectivity index (χ0n) is 28.9. The molecule has 0 saturated heterocycles. The average molecular weight is 692 g/mol. The number of nitriles is 1. The molecule has 8 aromatic carbocycles. The van der Waals surface area contributed by atoms with Gasteiger partial charge in [0.25, 0.3) is 0 Å². The van der Waals surface area contributed by atoms with E-state index in [1.165, 1.54) is 64.4 Å². The van der Waals surface area contributed by atoms with Crippen LogP contribution in [0.3, 0.4) is 0 Å². The van der Waals surface area contributed by atoms with Crippen molar-refractivity contribution in [3.05, 3.63) is 206 Å². The van der Waals surface area contributed by atoms with E-state index in [0.29, 0.717) is 5.56 Å². The van der Waals surface area contributed by atoms with Gasteiger partial charge in [-0.2, -0.15) is 5.26 Å². The van der Waals surface area contributed by atoms with Crippen LogP contribution in [0.1, 0.15) is 5.56 Å². The van der Waals surface area contributed by atoms with E-state index in [-0.39, 0.29) is 0 Å². The van der Waals surface area contributed by atoms with Crippen LogP contribution in [0.15, 0.2) is 200 Å². The lowest BCUT2D eigenvalue weighted by molar-refractivity contribution is 1.18. The Balaban J connectivity index is 1.33. The standard InChI is InChI=1S/C49H33N3Si/c50-34-35-26-30-39(31-27-35)53(38-16-5-2-6-17-38,40-32-28-37(29-33-40)51-45-22-10-7-18-41(45)42-19-8-11-23-46(42)51)48-25-13-21-44-43-20-9-12-24-47(43)52(49(44)48)36-14-3-1-4-15-36/h1-33H. The van der Waals surface area contributed by atoms with E-state index in [0.717, 1.165) is 11.4 Å². The van der Waals surface area contributed by atoms with Gasteiger partial charge in [0, 0.05) is 32.9 Å². The molecular formula is C49H33N3Si. The minimum Gasteiger partial charge on any atom is -0.309 e. The first-order valence-electron chi connectivity index (χ1n) is 18.0. The number of rotatable bonds is 6. The Labute approximate surface area is 308 Å². The molecule has 10 aromatic rings. The summed E-state index contributed by atoms with van der Waals surface area (Å²) >= 11 is 0. The van der Waals surface area contributed by atoms with Gasteiger partial charge in [0.1, 0.15) is 0 Å². The zero-order valence-corrected chi connectivity index (χ0v) is 29.9. The molecule has 0 saturated carbocycles. The summed E-state index contributed by atoms with van der Waals surface area (Å²) < 4.78 is 4.84. The minimum absolute atomic E-state index is 0.656. The van der Waals surface area contributed by atoms with E-state index < -0.39 is 8.07 Å². The summed E-state index contributed by atoms with van der Waals surface area (Å²) in [4.78, 5) is 0. The van der Waals surface area contributed by atoms with Crippen molar-refractivity contribution >= 4 is 72.4 Å². The Morgan fingerprint density at radius 1 is 0.358 bits per heavy atom. The van der Waals surface area contributed by atoms with Crippen LogP contribution in [0.5, 0.6) is 0 Å². The van der Waals surface area contributed by atoms with Crippen LogP contribution in [0.4, 0.5) is 0 Å². The third-order valence-corrected chi connectivity index (χ3v) is 15.7. The first-order valence-corrected chi connectivity index (χ1v) is 20.0. The number of hydrogen-bond donors (Lipinski definition) is 0. The quantitative estimate of drug-likeness (QED) is 0.127. The lowest BCUT2D eigenvalue weighted by Crippen LogP contribution is -2.75. The number of benzene rings is 8.